The summed E-state index contributed by atoms with van der Waals surface area (Å²) in [6.45, 7) is 2.05. The van der Waals surface area contributed by atoms with Crippen LogP contribution in [0.5, 0.6) is 0 Å². The average molecular weight is 250 g/mol. The molecule has 0 bridgehead atoms. The first-order valence-corrected chi connectivity index (χ1v) is 7.65. The van der Waals surface area contributed by atoms with Gasteiger partial charge in [-0.3, -0.25) is 0 Å². The highest BCUT2D eigenvalue weighted by Gasteiger charge is 2.23. The molecule has 0 saturated heterocycles. The number of nitrogens with two attached hydrogens (primary N) is 1. The van der Waals surface area contributed by atoms with Crippen LogP contribution in [0.3, 0.4) is 0 Å². The van der Waals surface area contributed by atoms with Crippen LogP contribution in [-0.2, 0) is 0 Å². The van der Waals surface area contributed by atoms with Crippen molar-refractivity contribution in [3.63, 3.8) is 0 Å². The predicted octanol–water partition coefficient (Wildman–Crippen LogP) is 3.66. The van der Waals surface area contributed by atoms with E-state index in [9.17, 15) is 0 Å². The van der Waals surface area contributed by atoms with Gasteiger partial charge in [0.15, 0.2) is 0 Å². The third-order valence-electron chi connectivity index (χ3n) is 3.64. The molecule has 0 aliphatic heterocycles. The van der Waals surface area contributed by atoms with Crippen LogP contribution in [0, 0.1) is 6.92 Å². The van der Waals surface area contributed by atoms with Crippen molar-refractivity contribution in [1.29, 1.82) is 0 Å². The lowest BCUT2D eigenvalue weighted by molar-refractivity contribution is 0.475. The first-order valence-electron chi connectivity index (χ1n) is 6.36. The molecule has 1 fully saturated rings. The molecule has 0 aromatic heterocycles. The highest BCUT2D eigenvalue weighted by Crippen LogP contribution is 2.30. The molecule has 2 rings (SSSR count). The van der Waals surface area contributed by atoms with Gasteiger partial charge in [0, 0.05) is 22.7 Å². The number of nitrogens with one attached hydrogen (secondary N) is 1. The second kappa shape index (κ2) is 5.67. The molecule has 17 heavy (non-hydrogen) atoms. The van der Waals surface area contributed by atoms with Crippen LogP contribution in [0.25, 0.3) is 0 Å². The molecule has 2 atom stereocenters. The largest absolute Gasteiger partial charge is 0.398 e. The quantitative estimate of drug-likeness (QED) is 0.804. The van der Waals surface area contributed by atoms with Crippen molar-refractivity contribution in [3.05, 3.63) is 23.8 Å². The maximum absolute atomic E-state index is 5.95. The lowest BCUT2D eigenvalue weighted by Crippen LogP contribution is -2.34. The average Bonchev–Trinajstić information content (AvgIpc) is 2.34. The Bertz CT molecular complexity index is 378. The maximum atomic E-state index is 5.95. The number of thioether (sulfide) groups is 1. The summed E-state index contributed by atoms with van der Waals surface area (Å²) in [5, 5.41) is 4.39. The van der Waals surface area contributed by atoms with Crippen LogP contribution in [0.15, 0.2) is 18.2 Å². The zero-order valence-electron chi connectivity index (χ0n) is 10.7. The molecule has 0 amide bonds. The number of hydrogen-bond donors (Lipinski definition) is 2. The number of aryl methyl sites for hydroxylation is 1. The van der Waals surface area contributed by atoms with E-state index in [0.29, 0.717) is 6.04 Å². The van der Waals surface area contributed by atoms with E-state index in [4.69, 9.17) is 5.73 Å². The molecule has 1 saturated carbocycles. The summed E-state index contributed by atoms with van der Waals surface area (Å²) < 4.78 is 0. The molecule has 0 heterocycles. The summed E-state index contributed by atoms with van der Waals surface area (Å²) in [6.07, 6.45) is 7.55. The summed E-state index contributed by atoms with van der Waals surface area (Å²) in [7, 11) is 0. The van der Waals surface area contributed by atoms with Gasteiger partial charge >= 0.3 is 0 Å². The zero-order valence-corrected chi connectivity index (χ0v) is 11.5. The van der Waals surface area contributed by atoms with Gasteiger partial charge in [0.05, 0.1) is 0 Å². The van der Waals surface area contributed by atoms with Crippen LogP contribution in [-0.4, -0.2) is 17.5 Å². The number of benzene rings is 1. The number of nitrogen functional groups attached to an aromatic ring is 1. The van der Waals surface area contributed by atoms with E-state index in [2.05, 4.69) is 29.8 Å². The van der Waals surface area contributed by atoms with Crippen LogP contribution >= 0.6 is 11.8 Å². The second-order valence-corrected chi connectivity index (χ2v) is 5.96. The Balaban J connectivity index is 2.05. The van der Waals surface area contributed by atoms with E-state index >= 15 is 0 Å². The van der Waals surface area contributed by atoms with Gasteiger partial charge in [-0.2, -0.15) is 11.8 Å². The van der Waals surface area contributed by atoms with Crippen molar-refractivity contribution in [1.82, 2.24) is 0 Å². The topological polar surface area (TPSA) is 38.0 Å². The first kappa shape index (κ1) is 12.6. The van der Waals surface area contributed by atoms with Gasteiger partial charge < -0.3 is 11.1 Å². The van der Waals surface area contributed by atoms with Gasteiger partial charge in [0.25, 0.3) is 0 Å². The second-order valence-electron chi connectivity index (χ2n) is 4.88. The Labute approximate surface area is 108 Å². The maximum Gasteiger partial charge on any atom is 0.0379 e. The fourth-order valence-corrected chi connectivity index (χ4v) is 3.42. The van der Waals surface area contributed by atoms with Crippen LogP contribution in [0.4, 0.5) is 11.4 Å². The molecule has 94 valence electrons. The summed E-state index contributed by atoms with van der Waals surface area (Å²) >= 11 is 1.99. The SMILES string of the molecule is CSC1CCCCC1Nc1ccc(C)c(N)c1. The molecule has 0 spiro atoms. The van der Waals surface area contributed by atoms with Crippen LogP contribution in [0.1, 0.15) is 31.2 Å². The van der Waals surface area contributed by atoms with Crippen molar-refractivity contribution in [3.8, 4) is 0 Å². The van der Waals surface area contributed by atoms with Gasteiger partial charge in [-0.25, -0.2) is 0 Å². The van der Waals surface area contributed by atoms with E-state index in [-0.39, 0.29) is 0 Å². The molecular weight excluding hydrogens is 228 g/mol. The van der Waals surface area contributed by atoms with Crippen molar-refractivity contribution in [2.75, 3.05) is 17.3 Å². The monoisotopic (exact) mass is 250 g/mol. The molecule has 3 N–H and O–H groups in total. The van der Waals surface area contributed by atoms with Crippen molar-refractivity contribution >= 4 is 23.1 Å². The minimum Gasteiger partial charge on any atom is -0.398 e. The van der Waals surface area contributed by atoms with Crippen molar-refractivity contribution < 1.29 is 0 Å². The molecule has 2 nitrogen and oxygen atoms in total. The molecule has 1 aliphatic rings. The molecular formula is C14H22N2S. The lowest BCUT2D eigenvalue weighted by atomic mass is 9.94. The van der Waals surface area contributed by atoms with Gasteiger partial charge in [-0.1, -0.05) is 18.9 Å². The molecule has 2 unspecified atom stereocenters. The zero-order chi connectivity index (χ0) is 12.3. The Hall–Kier alpha value is -0.830. The summed E-state index contributed by atoms with van der Waals surface area (Å²) in [5.41, 5.74) is 9.15. The van der Waals surface area contributed by atoms with E-state index < -0.39 is 0 Å². The highest BCUT2D eigenvalue weighted by molar-refractivity contribution is 7.99. The van der Waals surface area contributed by atoms with Gasteiger partial charge in [0.1, 0.15) is 0 Å². The molecule has 3 heteroatoms. The minimum atomic E-state index is 0.598. The molecule has 1 aromatic carbocycles. The normalized spacial score (nSPS) is 24.6. The van der Waals surface area contributed by atoms with E-state index in [0.717, 1.165) is 16.5 Å². The molecule has 0 radical (unpaired) electrons. The molecule has 1 aromatic rings. The summed E-state index contributed by atoms with van der Waals surface area (Å²) in [4.78, 5) is 0. The Morgan fingerprint density at radius 1 is 1.29 bits per heavy atom. The van der Waals surface area contributed by atoms with Crippen molar-refractivity contribution in [2.24, 2.45) is 0 Å². The minimum absolute atomic E-state index is 0.598. The fraction of sp³-hybridized carbons (Fsp3) is 0.571. The molecule has 1 aliphatic carbocycles. The van der Waals surface area contributed by atoms with E-state index in [1.54, 1.807) is 0 Å². The van der Waals surface area contributed by atoms with Gasteiger partial charge in [-0.15, -0.1) is 0 Å². The number of hydrogen-bond acceptors (Lipinski definition) is 3. The standard InChI is InChI=1S/C14H22N2S/c1-10-7-8-11(9-12(10)15)16-13-5-3-4-6-14(13)17-2/h7-9,13-14,16H,3-6,15H2,1-2H3. The Morgan fingerprint density at radius 3 is 2.76 bits per heavy atom. The van der Waals surface area contributed by atoms with Crippen LogP contribution in [0.2, 0.25) is 0 Å². The Morgan fingerprint density at radius 2 is 2.06 bits per heavy atom. The smallest absolute Gasteiger partial charge is 0.0379 e. The lowest BCUT2D eigenvalue weighted by Gasteiger charge is -2.31. The first-order chi connectivity index (χ1) is 8.20. The predicted molar refractivity (Wildman–Crippen MR) is 78.8 cm³/mol. The van der Waals surface area contributed by atoms with E-state index in [1.165, 1.54) is 31.4 Å². The number of rotatable bonds is 3. The van der Waals surface area contributed by atoms with Gasteiger partial charge in [-0.05, 0) is 43.7 Å². The fourth-order valence-electron chi connectivity index (χ4n) is 2.49. The summed E-state index contributed by atoms with van der Waals surface area (Å²) in [6, 6.07) is 6.88. The Kier molecular flexibility index (Phi) is 4.21. The van der Waals surface area contributed by atoms with Crippen LogP contribution < -0.4 is 11.1 Å². The third-order valence-corrected chi connectivity index (χ3v) is 4.81. The number of anilines is 2. The van der Waals surface area contributed by atoms with Gasteiger partial charge in [0.2, 0.25) is 0 Å². The summed E-state index contributed by atoms with van der Waals surface area (Å²) in [5.74, 6) is 0. The third kappa shape index (κ3) is 3.09. The van der Waals surface area contributed by atoms with Crippen molar-refractivity contribution in [2.45, 2.75) is 43.9 Å². The highest BCUT2D eigenvalue weighted by atomic mass is 32.2. The van der Waals surface area contributed by atoms with E-state index in [1.807, 2.05) is 18.7 Å².